The van der Waals surface area contributed by atoms with Gasteiger partial charge in [0, 0.05) is 25.7 Å². The lowest BCUT2D eigenvalue weighted by Crippen LogP contribution is -2.52. The summed E-state index contributed by atoms with van der Waals surface area (Å²) < 4.78 is 2.01. The summed E-state index contributed by atoms with van der Waals surface area (Å²) in [5.74, 6) is 1.52. The topological polar surface area (TPSA) is 50.1 Å². The maximum atomic E-state index is 4.41. The van der Waals surface area contributed by atoms with E-state index in [1.54, 1.807) is 0 Å². The minimum atomic E-state index is -0.0822. The van der Waals surface area contributed by atoms with Gasteiger partial charge >= 0.3 is 0 Å². The fourth-order valence-electron chi connectivity index (χ4n) is 4.01. The van der Waals surface area contributed by atoms with Crippen LogP contribution < -0.4 is 0 Å². The molecule has 22 heavy (non-hydrogen) atoms. The molecule has 0 saturated carbocycles. The number of hydrogen-bond acceptors (Lipinski definition) is 5. The highest BCUT2D eigenvalue weighted by atomic mass is 15.6. The first-order chi connectivity index (χ1) is 10.4. The third kappa shape index (κ3) is 2.91. The van der Waals surface area contributed by atoms with Crippen LogP contribution >= 0.6 is 0 Å². The minimum absolute atomic E-state index is 0.0822. The van der Waals surface area contributed by atoms with Crippen molar-refractivity contribution in [2.45, 2.75) is 65.1 Å². The van der Waals surface area contributed by atoms with Crippen molar-refractivity contribution in [2.75, 3.05) is 26.2 Å². The molecule has 3 rings (SSSR count). The first kappa shape index (κ1) is 15.9. The van der Waals surface area contributed by atoms with E-state index in [1.807, 2.05) is 4.68 Å². The van der Waals surface area contributed by atoms with Crippen LogP contribution in [0.1, 0.15) is 59.3 Å². The maximum absolute atomic E-state index is 4.41. The Morgan fingerprint density at radius 1 is 1.14 bits per heavy atom. The summed E-state index contributed by atoms with van der Waals surface area (Å²) in [5, 5.41) is 12.7. The highest BCUT2D eigenvalue weighted by molar-refractivity contribution is 5.01. The van der Waals surface area contributed by atoms with E-state index in [1.165, 1.54) is 25.9 Å². The normalized spacial score (nSPS) is 25.6. The lowest BCUT2D eigenvalue weighted by Gasteiger charge is -2.42. The zero-order chi connectivity index (χ0) is 15.9. The summed E-state index contributed by atoms with van der Waals surface area (Å²) in [7, 11) is 0. The zero-order valence-electron chi connectivity index (χ0n) is 14.7. The van der Waals surface area contributed by atoms with Gasteiger partial charge in [0.25, 0.3) is 0 Å². The standard InChI is InChI=1S/C16H30N6/c1-12(2)14(15-17-18-19-22(15)16(3,4)5)21-10-9-20-8-6-7-13(20)11-21/h12-14H,6-11H2,1-5H3. The van der Waals surface area contributed by atoms with Crippen molar-refractivity contribution in [3.63, 3.8) is 0 Å². The molecule has 0 aromatic carbocycles. The zero-order valence-corrected chi connectivity index (χ0v) is 14.7. The highest BCUT2D eigenvalue weighted by Crippen LogP contribution is 2.33. The predicted molar refractivity (Wildman–Crippen MR) is 86.6 cm³/mol. The number of fused-ring (bicyclic) bond motifs is 1. The van der Waals surface area contributed by atoms with E-state index in [2.05, 4.69) is 59.9 Å². The summed E-state index contributed by atoms with van der Waals surface area (Å²) in [5.41, 5.74) is -0.0822. The van der Waals surface area contributed by atoms with Crippen molar-refractivity contribution in [2.24, 2.45) is 5.92 Å². The summed E-state index contributed by atoms with van der Waals surface area (Å²) in [6.45, 7) is 15.8. The van der Waals surface area contributed by atoms with Crippen LogP contribution in [-0.4, -0.2) is 62.2 Å². The molecule has 3 heterocycles. The number of rotatable bonds is 3. The molecule has 2 aliphatic heterocycles. The number of nitrogens with zero attached hydrogens (tertiary/aromatic N) is 6. The monoisotopic (exact) mass is 306 g/mol. The quantitative estimate of drug-likeness (QED) is 0.854. The van der Waals surface area contributed by atoms with Gasteiger partial charge in [-0.15, -0.1) is 5.10 Å². The smallest absolute Gasteiger partial charge is 0.169 e. The Kier molecular flexibility index (Phi) is 4.25. The van der Waals surface area contributed by atoms with Crippen LogP contribution in [0.2, 0.25) is 0 Å². The van der Waals surface area contributed by atoms with Gasteiger partial charge in [-0.05, 0) is 56.5 Å². The van der Waals surface area contributed by atoms with Crippen molar-refractivity contribution >= 4 is 0 Å². The van der Waals surface area contributed by atoms with Crippen molar-refractivity contribution in [3.05, 3.63) is 5.82 Å². The van der Waals surface area contributed by atoms with Crippen LogP contribution in [0, 0.1) is 5.92 Å². The Balaban J connectivity index is 1.86. The Labute approximate surface area is 133 Å². The second-order valence-electron chi connectivity index (χ2n) is 8.14. The highest BCUT2D eigenvalue weighted by Gasteiger charge is 2.38. The Hall–Kier alpha value is -1.01. The average Bonchev–Trinajstić information content (AvgIpc) is 3.05. The number of hydrogen-bond donors (Lipinski definition) is 0. The molecule has 0 amide bonds. The van der Waals surface area contributed by atoms with Gasteiger partial charge in [0.1, 0.15) is 0 Å². The van der Waals surface area contributed by atoms with Gasteiger partial charge in [-0.1, -0.05) is 13.8 Å². The third-order valence-corrected chi connectivity index (χ3v) is 5.04. The molecule has 0 spiro atoms. The SMILES string of the molecule is CC(C)C(c1nnnn1C(C)(C)C)N1CCN2CCCC2C1. The summed E-state index contributed by atoms with van der Waals surface area (Å²) >= 11 is 0. The lowest BCUT2D eigenvalue weighted by atomic mass is 9.98. The van der Waals surface area contributed by atoms with Crippen LogP contribution in [0.5, 0.6) is 0 Å². The molecule has 6 nitrogen and oxygen atoms in total. The summed E-state index contributed by atoms with van der Waals surface area (Å²) in [6.07, 6.45) is 2.69. The second kappa shape index (κ2) is 5.89. The molecule has 0 aliphatic carbocycles. The molecule has 1 aromatic heterocycles. The van der Waals surface area contributed by atoms with Gasteiger partial charge in [-0.2, -0.15) is 0 Å². The molecule has 6 heteroatoms. The lowest BCUT2D eigenvalue weighted by molar-refractivity contribution is 0.0466. The molecule has 0 radical (unpaired) electrons. The Bertz CT molecular complexity index is 503. The van der Waals surface area contributed by atoms with Crippen LogP contribution in [0.4, 0.5) is 0 Å². The molecule has 1 aromatic rings. The molecule has 2 saturated heterocycles. The van der Waals surface area contributed by atoms with E-state index in [9.17, 15) is 0 Å². The molecular weight excluding hydrogens is 276 g/mol. The second-order valence-corrected chi connectivity index (χ2v) is 8.14. The summed E-state index contributed by atoms with van der Waals surface area (Å²) in [6, 6.07) is 1.03. The maximum Gasteiger partial charge on any atom is 0.169 e. The molecule has 2 unspecified atom stereocenters. The number of tetrazole rings is 1. The van der Waals surface area contributed by atoms with E-state index < -0.39 is 0 Å². The molecule has 0 bridgehead atoms. The predicted octanol–water partition coefficient (Wildman–Crippen LogP) is 1.91. The van der Waals surface area contributed by atoms with Gasteiger partial charge in [-0.25, -0.2) is 4.68 Å². The fraction of sp³-hybridized carbons (Fsp3) is 0.938. The van der Waals surface area contributed by atoms with Crippen molar-refractivity contribution in [1.29, 1.82) is 0 Å². The van der Waals surface area contributed by atoms with Gasteiger partial charge in [-0.3, -0.25) is 9.80 Å². The molecule has 2 atom stereocenters. The molecular formula is C16H30N6. The van der Waals surface area contributed by atoms with Crippen LogP contribution in [0.25, 0.3) is 0 Å². The van der Waals surface area contributed by atoms with Crippen LogP contribution in [0.15, 0.2) is 0 Å². The fourth-order valence-corrected chi connectivity index (χ4v) is 4.01. The van der Waals surface area contributed by atoms with Gasteiger partial charge in [0.2, 0.25) is 0 Å². The number of piperazine rings is 1. The van der Waals surface area contributed by atoms with Crippen LogP contribution in [0.3, 0.4) is 0 Å². The minimum Gasteiger partial charge on any atom is -0.298 e. The van der Waals surface area contributed by atoms with Gasteiger partial charge in [0.05, 0.1) is 11.6 Å². The molecule has 2 fully saturated rings. The van der Waals surface area contributed by atoms with Crippen LogP contribution in [-0.2, 0) is 5.54 Å². The Morgan fingerprint density at radius 3 is 2.59 bits per heavy atom. The Morgan fingerprint density at radius 2 is 1.91 bits per heavy atom. The van der Waals surface area contributed by atoms with E-state index in [4.69, 9.17) is 0 Å². The molecule has 0 N–H and O–H groups in total. The van der Waals surface area contributed by atoms with Crippen molar-refractivity contribution in [1.82, 2.24) is 30.0 Å². The van der Waals surface area contributed by atoms with E-state index in [-0.39, 0.29) is 5.54 Å². The summed E-state index contributed by atoms with van der Waals surface area (Å²) in [4.78, 5) is 5.27. The first-order valence-corrected chi connectivity index (χ1v) is 8.65. The van der Waals surface area contributed by atoms with Crippen molar-refractivity contribution in [3.8, 4) is 0 Å². The molecule has 124 valence electrons. The van der Waals surface area contributed by atoms with Crippen molar-refractivity contribution < 1.29 is 0 Å². The number of aromatic nitrogens is 4. The third-order valence-electron chi connectivity index (χ3n) is 5.04. The van der Waals surface area contributed by atoms with E-state index in [0.29, 0.717) is 12.0 Å². The largest absolute Gasteiger partial charge is 0.298 e. The average molecular weight is 306 g/mol. The first-order valence-electron chi connectivity index (χ1n) is 8.65. The van der Waals surface area contributed by atoms with Gasteiger partial charge < -0.3 is 0 Å². The molecule has 2 aliphatic rings. The van der Waals surface area contributed by atoms with Gasteiger partial charge in [0.15, 0.2) is 5.82 Å². The van der Waals surface area contributed by atoms with E-state index >= 15 is 0 Å². The van der Waals surface area contributed by atoms with E-state index in [0.717, 1.165) is 25.0 Å².